The molecule has 4 aromatic rings. The van der Waals surface area contributed by atoms with Gasteiger partial charge in [0.2, 0.25) is 15.9 Å². The summed E-state index contributed by atoms with van der Waals surface area (Å²) in [5.41, 5.74) is 6.76. The number of rotatable bonds is 8. The van der Waals surface area contributed by atoms with Crippen molar-refractivity contribution in [2.75, 3.05) is 4.90 Å². The Bertz CT molecular complexity index is 1670. The fourth-order valence-electron chi connectivity index (χ4n) is 5.93. The summed E-state index contributed by atoms with van der Waals surface area (Å²) in [7, 11) is -3.70. The molecule has 0 bridgehead atoms. The Balaban J connectivity index is 1.32. The van der Waals surface area contributed by atoms with Crippen LogP contribution in [0.25, 0.3) is 0 Å². The fraction of sp³-hybridized carbons (Fsp3) is 0.294. The van der Waals surface area contributed by atoms with Gasteiger partial charge in [0.1, 0.15) is 0 Å². The Kier molecular flexibility index (Phi) is 7.49. The molecule has 2 aliphatic rings. The number of aryl methyl sites for hydroxylation is 3. The zero-order valence-corrected chi connectivity index (χ0v) is 24.3. The first-order valence-electron chi connectivity index (χ1n) is 14.3. The maximum atomic E-state index is 14.1. The number of carbonyl (C=O) groups is 1. The summed E-state index contributed by atoms with van der Waals surface area (Å²) in [5.74, 6) is 0.201. The average Bonchev–Trinajstić information content (AvgIpc) is 3.78. The molecule has 41 heavy (non-hydrogen) atoms. The van der Waals surface area contributed by atoms with Crippen molar-refractivity contribution in [3.05, 3.63) is 125 Å². The normalized spacial score (nSPS) is 19.8. The van der Waals surface area contributed by atoms with E-state index in [1.807, 2.05) is 79.4 Å². The van der Waals surface area contributed by atoms with Crippen molar-refractivity contribution in [2.24, 2.45) is 5.92 Å². The molecule has 6 nitrogen and oxygen atoms in total. The zero-order valence-electron chi connectivity index (χ0n) is 23.5. The van der Waals surface area contributed by atoms with E-state index in [9.17, 15) is 13.2 Å². The molecule has 1 amide bonds. The monoisotopic (exact) mass is 565 g/mol. The standard InChI is InChI=1S/C34H35N3O3S/c1-23-14-18-29(19-15-23)41(39,40)36-33-13-7-11-26-16-17-28(20-31(26)33)37(22-27-12-6-8-24(2)35-27)34(38)32-21-30(32)25-9-4-3-5-10-25/h3-6,8-10,12,14-20,30,32-33,36H,7,11,13,21-22H2,1-2H3/t30-,32-,33-/m1/s1. The molecule has 2 aliphatic carbocycles. The van der Waals surface area contributed by atoms with Crippen LogP contribution in [-0.4, -0.2) is 19.3 Å². The highest BCUT2D eigenvalue weighted by Crippen LogP contribution is 2.49. The predicted molar refractivity (Wildman–Crippen MR) is 161 cm³/mol. The van der Waals surface area contributed by atoms with E-state index >= 15 is 0 Å². The second-order valence-corrected chi connectivity index (χ2v) is 13.0. The number of benzene rings is 3. The molecule has 7 heteroatoms. The minimum atomic E-state index is -3.70. The van der Waals surface area contributed by atoms with E-state index < -0.39 is 10.0 Å². The number of pyridine rings is 1. The molecular weight excluding hydrogens is 530 g/mol. The number of anilines is 1. The lowest BCUT2D eigenvalue weighted by molar-refractivity contribution is -0.120. The van der Waals surface area contributed by atoms with Gasteiger partial charge in [0.25, 0.3) is 0 Å². The van der Waals surface area contributed by atoms with Gasteiger partial charge in [-0.1, -0.05) is 60.2 Å². The number of aromatic nitrogens is 1. The van der Waals surface area contributed by atoms with E-state index in [1.165, 1.54) is 5.56 Å². The maximum absolute atomic E-state index is 14.1. The summed E-state index contributed by atoms with van der Waals surface area (Å²) in [6.07, 6.45) is 3.30. The number of hydrogen-bond acceptors (Lipinski definition) is 4. The molecule has 210 valence electrons. The van der Waals surface area contributed by atoms with E-state index in [1.54, 1.807) is 12.1 Å². The smallest absolute Gasteiger partial charge is 0.241 e. The fourth-order valence-corrected chi connectivity index (χ4v) is 7.18. The topological polar surface area (TPSA) is 79.4 Å². The van der Waals surface area contributed by atoms with Gasteiger partial charge >= 0.3 is 0 Å². The Morgan fingerprint density at radius 2 is 1.73 bits per heavy atom. The molecule has 1 saturated carbocycles. The van der Waals surface area contributed by atoms with Crippen LogP contribution < -0.4 is 9.62 Å². The van der Waals surface area contributed by atoms with Crippen LogP contribution in [0.1, 0.15) is 64.9 Å². The van der Waals surface area contributed by atoms with Crippen LogP contribution in [0.15, 0.2) is 95.9 Å². The largest absolute Gasteiger partial charge is 0.306 e. The summed E-state index contributed by atoms with van der Waals surface area (Å²) < 4.78 is 29.6. The van der Waals surface area contributed by atoms with E-state index in [2.05, 4.69) is 27.9 Å². The van der Waals surface area contributed by atoms with Crippen molar-refractivity contribution in [1.82, 2.24) is 9.71 Å². The van der Waals surface area contributed by atoms with E-state index in [0.29, 0.717) is 13.0 Å². The minimum Gasteiger partial charge on any atom is -0.306 e. The second kappa shape index (κ2) is 11.2. The molecule has 1 heterocycles. The molecule has 0 unspecified atom stereocenters. The number of nitrogens with one attached hydrogen (secondary N) is 1. The molecule has 6 rings (SSSR count). The first-order chi connectivity index (χ1) is 19.8. The van der Waals surface area contributed by atoms with Gasteiger partial charge in [-0.2, -0.15) is 0 Å². The Labute approximate surface area is 242 Å². The molecule has 0 aliphatic heterocycles. The molecule has 0 saturated heterocycles. The number of sulfonamides is 1. The SMILES string of the molecule is Cc1ccc(S(=O)(=O)N[C@@H]2CCCc3ccc(N(Cc4cccc(C)n4)C(=O)[C@@H]4C[C@@H]4c4ccccc4)cc32)cc1. The van der Waals surface area contributed by atoms with E-state index in [4.69, 9.17) is 0 Å². The highest BCUT2D eigenvalue weighted by atomic mass is 32.2. The molecule has 3 aromatic carbocycles. The van der Waals surface area contributed by atoms with Crippen molar-refractivity contribution in [3.63, 3.8) is 0 Å². The van der Waals surface area contributed by atoms with Crippen molar-refractivity contribution in [2.45, 2.75) is 62.9 Å². The number of fused-ring (bicyclic) bond motifs is 1. The van der Waals surface area contributed by atoms with Gasteiger partial charge in [0.15, 0.2) is 0 Å². The third-order valence-electron chi connectivity index (χ3n) is 8.25. The molecule has 3 atom stereocenters. The van der Waals surface area contributed by atoms with E-state index in [0.717, 1.165) is 53.0 Å². The number of carbonyl (C=O) groups excluding carboxylic acids is 1. The average molecular weight is 566 g/mol. The van der Waals surface area contributed by atoms with Gasteiger partial charge in [-0.25, -0.2) is 13.1 Å². The molecule has 1 fully saturated rings. The quantitative estimate of drug-likeness (QED) is 0.268. The van der Waals surface area contributed by atoms with Crippen LogP contribution >= 0.6 is 0 Å². The third-order valence-corrected chi connectivity index (χ3v) is 9.74. The Hall–Kier alpha value is -3.81. The molecule has 1 aromatic heterocycles. The Morgan fingerprint density at radius 3 is 2.49 bits per heavy atom. The Morgan fingerprint density at radius 1 is 0.951 bits per heavy atom. The van der Waals surface area contributed by atoms with Crippen LogP contribution in [0.3, 0.4) is 0 Å². The highest BCUT2D eigenvalue weighted by Gasteiger charge is 2.46. The van der Waals surface area contributed by atoms with Gasteiger partial charge < -0.3 is 4.90 Å². The lowest BCUT2D eigenvalue weighted by Gasteiger charge is -2.29. The molecule has 0 radical (unpaired) electrons. The van der Waals surface area contributed by atoms with Crippen LogP contribution in [0.5, 0.6) is 0 Å². The first-order valence-corrected chi connectivity index (χ1v) is 15.8. The lowest BCUT2D eigenvalue weighted by atomic mass is 9.87. The summed E-state index contributed by atoms with van der Waals surface area (Å²) in [5, 5.41) is 0. The minimum absolute atomic E-state index is 0.0784. The van der Waals surface area contributed by atoms with Crippen molar-refractivity contribution < 1.29 is 13.2 Å². The summed E-state index contributed by atoms with van der Waals surface area (Å²) in [6.45, 7) is 4.24. The van der Waals surface area contributed by atoms with Crippen molar-refractivity contribution in [3.8, 4) is 0 Å². The van der Waals surface area contributed by atoms with Crippen LogP contribution in [0, 0.1) is 19.8 Å². The summed E-state index contributed by atoms with van der Waals surface area (Å²) in [6, 6.07) is 28.7. The van der Waals surface area contributed by atoms with Crippen LogP contribution in [0.4, 0.5) is 5.69 Å². The molecule has 0 spiro atoms. The van der Waals surface area contributed by atoms with Gasteiger partial charge in [-0.05, 0) is 98.5 Å². The number of amides is 1. The highest BCUT2D eigenvalue weighted by molar-refractivity contribution is 7.89. The molecular formula is C34H35N3O3S. The summed E-state index contributed by atoms with van der Waals surface area (Å²) in [4.78, 5) is 20.8. The van der Waals surface area contributed by atoms with Gasteiger partial charge in [0.05, 0.1) is 17.1 Å². The predicted octanol–water partition coefficient (Wildman–Crippen LogP) is 6.39. The second-order valence-electron chi connectivity index (χ2n) is 11.3. The molecule has 1 N–H and O–H groups in total. The number of hydrogen-bond donors (Lipinski definition) is 1. The van der Waals surface area contributed by atoms with Gasteiger partial charge in [0, 0.05) is 23.3 Å². The summed E-state index contributed by atoms with van der Waals surface area (Å²) >= 11 is 0. The van der Waals surface area contributed by atoms with Crippen molar-refractivity contribution in [1.29, 1.82) is 0 Å². The zero-order chi connectivity index (χ0) is 28.6. The first kappa shape index (κ1) is 27.4. The van der Waals surface area contributed by atoms with E-state index in [-0.39, 0.29) is 28.7 Å². The maximum Gasteiger partial charge on any atom is 0.241 e. The number of nitrogens with zero attached hydrogens (tertiary/aromatic N) is 2. The lowest BCUT2D eigenvalue weighted by Crippen LogP contribution is -2.34. The van der Waals surface area contributed by atoms with Crippen LogP contribution in [-0.2, 0) is 27.8 Å². The van der Waals surface area contributed by atoms with Gasteiger partial charge in [-0.3, -0.25) is 9.78 Å². The van der Waals surface area contributed by atoms with Crippen molar-refractivity contribution >= 4 is 21.6 Å². The van der Waals surface area contributed by atoms with Crippen LogP contribution in [0.2, 0.25) is 0 Å². The third kappa shape index (κ3) is 5.97. The van der Waals surface area contributed by atoms with Gasteiger partial charge in [-0.15, -0.1) is 0 Å².